The average molecular weight is 489 g/mol. The van der Waals surface area contributed by atoms with E-state index in [0.29, 0.717) is 56.9 Å². The first-order valence-electron chi connectivity index (χ1n) is 12.4. The van der Waals surface area contributed by atoms with Crippen molar-refractivity contribution in [2.24, 2.45) is 0 Å². The zero-order chi connectivity index (χ0) is 25.7. The lowest BCUT2D eigenvalue weighted by molar-refractivity contribution is -0.140. The van der Waals surface area contributed by atoms with Crippen molar-refractivity contribution in [3.8, 4) is 6.07 Å². The van der Waals surface area contributed by atoms with Crippen molar-refractivity contribution in [1.82, 2.24) is 14.7 Å². The van der Waals surface area contributed by atoms with Crippen LogP contribution in [0, 0.1) is 11.3 Å². The molecule has 4 amide bonds. The largest absolute Gasteiger partial charge is 0.342 e. The van der Waals surface area contributed by atoms with Crippen molar-refractivity contribution < 1.29 is 14.4 Å². The molecule has 2 aromatic carbocycles. The quantitative estimate of drug-likeness (QED) is 0.674. The van der Waals surface area contributed by atoms with E-state index in [0.717, 1.165) is 5.69 Å². The number of amides is 4. The number of hydrogen-bond acceptors (Lipinski definition) is 5. The van der Waals surface area contributed by atoms with Crippen LogP contribution in [0.3, 0.4) is 0 Å². The number of anilines is 2. The Morgan fingerprint density at radius 1 is 1.06 bits per heavy atom. The third kappa shape index (κ3) is 4.85. The number of nitrogens with zero attached hydrogens (tertiary/aromatic N) is 5. The molecule has 2 heterocycles. The van der Waals surface area contributed by atoms with Crippen molar-refractivity contribution in [2.45, 2.75) is 32.2 Å². The molecule has 188 valence electrons. The SMILES string of the molecule is CCN(CC)C(=O)CN1CN(c2ccccc2)C2(CCN(C(=O)Nc3cccc(C#N)c3)CC2)C1=O. The van der Waals surface area contributed by atoms with Gasteiger partial charge in [-0.25, -0.2) is 4.79 Å². The molecule has 0 saturated carbocycles. The number of rotatable bonds is 6. The summed E-state index contributed by atoms with van der Waals surface area (Å²) in [5.74, 6) is -0.122. The number of nitriles is 1. The summed E-state index contributed by atoms with van der Waals surface area (Å²) < 4.78 is 0. The number of urea groups is 1. The van der Waals surface area contributed by atoms with Gasteiger partial charge in [0.05, 0.1) is 18.3 Å². The Balaban J connectivity index is 1.51. The Morgan fingerprint density at radius 3 is 2.39 bits per heavy atom. The number of nitrogens with one attached hydrogen (secondary N) is 1. The lowest BCUT2D eigenvalue weighted by atomic mass is 9.85. The molecule has 2 aromatic rings. The second-order valence-corrected chi connectivity index (χ2v) is 9.12. The van der Waals surface area contributed by atoms with Crippen molar-refractivity contribution in [2.75, 3.05) is 49.6 Å². The van der Waals surface area contributed by atoms with Gasteiger partial charge in [-0.2, -0.15) is 5.26 Å². The highest BCUT2D eigenvalue weighted by Gasteiger charge is 2.54. The minimum Gasteiger partial charge on any atom is -0.342 e. The molecule has 2 fully saturated rings. The fourth-order valence-electron chi connectivity index (χ4n) is 5.11. The van der Waals surface area contributed by atoms with Crippen LogP contribution >= 0.6 is 0 Å². The summed E-state index contributed by atoms with van der Waals surface area (Å²) >= 11 is 0. The molecule has 9 heteroatoms. The van der Waals surface area contributed by atoms with E-state index in [1.807, 2.05) is 44.2 Å². The van der Waals surface area contributed by atoms with Crippen molar-refractivity contribution >= 4 is 29.2 Å². The highest BCUT2D eigenvalue weighted by Crippen LogP contribution is 2.39. The van der Waals surface area contributed by atoms with E-state index >= 15 is 0 Å². The van der Waals surface area contributed by atoms with E-state index in [-0.39, 0.29) is 24.4 Å². The number of piperidine rings is 1. The van der Waals surface area contributed by atoms with Crippen molar-refractivity contribution in [3.05, 3.63) is 60.2 Å². The van der Waals surface area contributed by atoms with Gasteiger partial charge in [-0.05, 0) is 57.0 Å². The van der Waals surface area contributed by atoms with Crippen LogP contribution < -0.4 is 10.2 Å². The molecule has 36 heavy (non-hydrogen) atoms. The van der Waals surface area contributed by atoms with Crippen molar-refractivity contribution in [1.29, 1.82) is 5.26 Å². The molecule has 1 spiro atoms. The molecule has 0 bridgehead atoms. The number of benzene rings is 2. The fourth-order valence-corrected chi connectivity index (χ4v) is 5.11. The summed E-state index contributed by atoms with van der Waals surface area (Å²) in [5, 5.41) is 12.0. The Labute approximate surface area is 211 Å². The van der Waals surface area contributed by atoms with Gasteiger partial charge in [0.1, 0.15) is 12.1 Å². The number of likely N-dealkylation sites (N-methyl/N-ethyl adjacent to an activating group) is 1. The van der Waals surface area contributed by atoms with E-state index in [4.69, 9.17) is 5.26 Å². The van der Waals surface area contributed by atoms with E-state index < -0.39 is 5.54 Å². The molecule has 0 aromatic heterocycles. The van der Waals surface area contributed by atoms with Crippen LogP contribution in [0.5, 0.6) is 0 Å². The lowest BCUT2D eigenvalue weighted by Crippen LogP contribution is -2.58. The Bertz CT molecular complexity index is 1150. The molecule has 9 nitrogen and oxygen atoms in total. The zero-order valence-corrected chi connectivity index (χ0v) is 20.8. The maximum atomic E-state index is 13.8. The first-order valence-corrected chi connectivity index (χ1v) is 12.4. The average Bonchev–Trinajstić information content (AvgIpc) is 3.16. The van der Waals surface area contributed by atoms with Gasteiger partial charge in [0.15, 0.2) is 0 Å². The second-order valence-electron chi connectivity index (χ2n) is 9.12. The van der Waals surface area contributed by atoms with Gasteiger partial charge in [-0.3, -0.25) is 9.59 Å². The second kappa shape index (κ2) is 10.7. The van der Waals surface area contributed by atoms with Crippen LogP contribution in [0.4, 0.5) is 16.2 Å². The van der Waals surface area contributed by atoms with E-state index in [9.17, 15) is 14.4 Å². The lowest BCUT2D eigenvalue weighted by Gasteiger charge is -2.43. The standard InChI is InChI=1S/C27H32N6O3/c1-3-30(4-2)24(34)19-32-20-33(23-11-6-5-7-12-23)27(25(32)35)13-15-31(16-14-27)26(36)29-22-10-8-9-21(17-22)18-28/h5-12,17H,3-4,13-16,19-20H2,1-2H3,(H,29,36). The predicted molar refractivity (Wildman–Crippen MR) is 137 cm³/mol. The molecule has 1 N–H and O–H groups in total. The predicted octanol–water partition coefficient (Wildman–Crippen LogP) is 3.10. The van der Waals surface area contributed by atoms with Crippen LogP contribution in [-0.4, -0.2) is 77.5 Å². The normalized spacial score (nSPS) is 16.7. The Kier molecular flexibility index (Phi) is 7.44. The van der Waals surface area contributed by atoms with Gasteiger partial charge in [0.2, 0.25) is 5.91 Å². The smallest absolute Gasteiger partial charge is 0.321 e. The first kappa shape index (κ1) is 25.0. The molecule has 4 rings (SSSR count). The molecular formula is C27H32N6O3. The monoisotopic (exact) mass is 488 g/mol. The Hall–Kier alpha value is -4.06. The summed E-state index contributed by atoms with van der Waals surface area (Å²) in [6.45, 7) is 6.25. The number of carbonyl (C=O) groups excluding carboxylic acids is 3. The third-order valence-electron chi connectivity index (χ3n) is 7.15. The van der Waals surface area contributed by atoms with Gasteiger partial charge < -0.3 is 24.9 Å². The molecule has 2 saturated heterocycles. The van der Waals surface area contributed by atoms with Crippen molar-refractivity contribution in [3.63, 3.8) is 0 Å². The van der Waals surface area contributed by atoms with Crippen LogP contribution in [0.15, 0.2) is 54.6 Å². The maximum absolute atomic E-state index is 13.8. The molecule has 0 atom stereocenters. The van der Waals surface area contributed by atoms with Gasteiger partial charge in [0, 0.05) is 37.6 Å². The summed E-state index contributed by atoms with van der Waals surface area (Å²) in [7, 11) is 0. The molecule has 0 radical (unpaired) electrons. The van der Waals surface area contributed by atoms with Gasteiger partial charge >= 0.3 is 6.03 Å². The van der Waals surface area contributed by atoms with Gasteiger partial charge in [0.25, 0.3) is 5.91 Å². The topological polar surface area (TPSA) is 100.0 Å². The number of para-hydroxylation sites is 1. The summed E-state index contributed by atoms with van der Waals surface area (Å²) in [5.41, 5.74) is 1.15. The van der Waals surface area contributed by atoms with Crippen LogP contribution in [0.2, 0.25) is 0 Å². The zero-order valence-electron chi connectivity index (χ0n) is 20.8. The number of hydrogen-bond donors (Lipinski definition) is 1. The minimum atomic E-state index is -0.803. The Morgan fingerprint density at radius 2 is 1.75 bits per heavy atom. The highest BCUT2D eigenvalue weighted by molar-refractivity contribution is 5.97. The van der Waals surface area contributed by atoms with Crippen LogP contribution in [0.1, 0.15) is 32.3 Å². The van der Waals surface area contributed by atoms with E-state index in [1.54, 1.807) is 39.0 Å². The van der Waals surface area contributed by atoms with Gasteiger partial charge in [-0.1, -0.05) is 24.3 Å². The minimum absolute atomic E-state index is 0.0467. The maximum Gasteiger partial charge on any atom is 0.321 e. The third-order valence-corrected chi connectivity index (χ3v) is 7.15. The summed E-state index contributed by atoms with van der Waals surface area (Å²) in [4.78, 5) is 46.7. The molecule has 2 aliphatic heterocycles. The summed E-state index contributed by atoms with van der Waals surface area (Å²) in [6, 6.07) is 18.4. The molecular weight excluding hydrogens is 456 g/mol. The fraction of sp³-hybridized carbons (Fsp3) is 0.407. The first-order chi connectivity index (χ1) is 17.4. The molecule has 2 aliphatic rings. The van der Waals surface area contributed by atoms with Gasteiger partial charge in [-0.15, -0.1) is 0 Å². The van der Waals surface area contributed by atoms with E-state index in [2.05, 4.69) is 16.3 Å². The molecule has 0 unspecified atom stereocenters. The highest BCUT2D eigenvalue weighted by atomic mass is 16.2. The van der Waals surface area contributed by atoms with E-state index in [1.165, 1.54) is 0 Å². The summed E-state index contributed by atoms with van der Waals surface area (Å²) in [6.07, 6.45) is 0.921. The number of carbonyl (C=O) groups is 3. The molecule has 0 aliphatic carbocycles. The number of likely N-dealkylation sites (tertiary alicyclic amines) is 1. The van der Waals surface area contributed by atoms with Crippen LogP contribution in [-0.2, 0) is 9.59 Å². The van der Waals surface area contributed by atoms with Crippen LogP contribution in [0.25, 0.3) is 0 Å².